The normalized spacial score (nSPS) is 20.8. The van der Waals surface area contributed by atoms with Crippen molar-refractivity contribution in [1.82, 2.24) is 0 Å². The van der Waals surface area contributed by atoms with Crippen molar-refractivity contribution in [1.29, 1.82) is 0 Å². The standard InChI is InChI=1S/C18H15BrO3/c1-11-16(12-3-7-14(19)8-4-12)17(22-18(11)20)13-5-9-15(21-2)10-6-13/h3-10,16-17H,1H2,2H3/t16-,17+/m0/s1. The van der Waals surface area contributed by atoms with E-state index in [2.05, 4.69) is 22.5 Å². The van der Waals surface area contributed by atoms with Gasteiger partial charge in [0.25, 0.3) is 0 Å². The number of carbonyl (C=O) groups is 1. The van der Waals surface area contributed by atoms with Gasteiger partial charge in [0, 0.05) is 10.0 Å². The summed E-state index contributed by atoms with van der Waals surface area (Å²) < 4.78 is 11.7. The molecule has 1 saturated heterocycles. The van der Waals surface area contributed by atoms with Gasteiger partial charge in [-0.25, -0.2) is 4.79 Å². The third-order valence-electron chi connectivity index (χ3n) is 3.85. The van der Waals surface area contributed by atoms with Crippen LogP contribution in [0.4, 0.5) is 0 Å². The first-order chi connectivity index (χ1) is 10.6. The third-order valence-corrected chi connectivity index (χ3v) is 4.38. The summed E-state index contributed by atoms with van der Waals surface area (Å²) in [4.78, 5) is 12.0. The molecule has 2 aromatic rings. The van der Waals surface area contributed by atoms with E-state index >= 15 is 0 Å². The lowest BCUT2D eigenvalue weighted by Gasteiger charge is -2.19. The van der Waals surface area contributed by atoms with Gasteiger partial charge in [0.05, 0.1) is 13.0 Å². The number of halogens is 1. The average molecular weight is 359 g/mol. The van der Waals surface area contributed by atoms with Gasteiger partial charge in [0.1, 0.15) is 11.9 Å². The lowest BCUT2D eigenvalue weighted by Crippen LogP contribution is -2.07. The fourth-order valence-electron chi connectivity index (χ4n) is 2.67. The molecule has 0 amide bonds. The lowest BCUT2D eigenvalue weighted by molar-refractivity contribution is -0.139. The first kappa shape index (κ1) is 14.9. The van der Waals surface area contributed by atoms with E-state index in [4.69, 9.17) is 9.47 Å². The summed E-state index contributed by atoms with van der Waals surface area (Å²) in [6.07, 6.45) is -0.355. The van der Waals surface area contributed by atoms with Gasteiger partial charge in [-0.15, -0.1) is 0 Å². The Morgan fingerprint density at radius 1 is 1.05 bits per heavy atom. The summed E-state index contributed by atoms with van der Waals surface area (Å²) in [5.41, 5.74) is 2.43. The number of ether oxygens (including phenoxy) is 2. The van der Waals surface area contributed by atoms with Crippen LogP contribution < -0.4 is 4.74 Å². The fraction of sp³-hybridized carbons (Fsp3) is 0.167. The summed E-state index contributed by atoms with van der Waals surface area (Å²) in [7, 11) is 1.62. The van der Waals surface area contributed by atoms with Crippen LogP contribution in [-0.2, 0) is 9.53 Å². The molecule has 3 nitrogen and oxygen atoms in total. The molecule has 0 unspecified atom stereocenters. The Morgan fingerprint density at radius 3 is 2.23 bits per heavy atom. The van der Waals surface area contributed by atoms with Crippen molar-refractivity contribution in [3.05, 3.63) is 76.3 Å². The number of rotatable bonds is 3. The number of carbonyl (C=O) groups excluding carboxylic acids is 1. The van der Waals surface area contributed by atoms with Crippen molar-refractivity contribution in [2.45, 2.75) is 12.0 Å². The molecule has 22 heavy (non-hydrogen) atoms. The van der Waals surface area contributed by atoms with Crippen molar-refractivity contribution in [2.75, 3.05) is 7.11 Å². The molecule has 2 atom stereocenters. The van der Waals surface area contributed by atoms with E-state index in [-0.39, 0.29) is 18.0 Å². The molecule has 1 heterocycles. The van der Waals surface area contributed by atoms with Crippen LogP contribution in [0.2, 0.25) is 0 Å². The van der Waals surface area contributed by atoms with E-state index in [1.54, 1.807) is 7.11 Å². The molecule has 0 spiro atoms. The molecular formula is C18H15BrO3. The zero-order valence-corrected chi connectivity index (χ0v) is 13.7. The monoisotopic (exact) mass is 358 g/mol. The van der Waals surface area contributed by atoms with Gasteiger partial charge in [-0.05, 0) is 35.4 Å². The molecule has 1 aliphatic heterocycles. The van der Waals surface area contributed by atoms with Gasteiger partial charge >= 0.3 is 5.97 Å². The Morgan fingerprint density at radius 2 is 1.64 bits per heavy atom. The first-order valence-electron chi connectivity index (χ1n) is 6.89. The predicted octanol–water partition coefficient (Wildman–Crippen LogP) is 4.40. The van der Waals surface area contributed by atoms with Crippen LogP contribution in [0.25, 0.3) is 0 Å². The lowest BCUT2D eigenvalue weighted by atomic mass is 9.86. The Kier molecular flexibility index (Phi) is 4.03. The van der Waals surface area contributed by atoms with Gasteiger partial charge in [0.15, 0.2) is 0 Å². The van der Waals surface area contributed by atoms with E-state index in [9.17, 15) is 4.79 Å². The molecule has 112 valence electrons. The van der Waals surface area contributed by atoms with Crippen LogP contribution in [0.5, 0.6) is 5.75 Å². The maximum absolute atomic E-state index is 12.0. The first-order valence-corrected chi connectivity index (χ1v) is 7.68. The van der Waals surface area contributed by atoms with Crippen LogP contribution in [0.1, 0.15) is 23.1 Å². The van der Waals surface area contributed by atoms with Crippen molar-refractivity contribution in [3.8, 4) is 5.75 Å². The van der Waals surface area contributed by atoms with E-state index in [0.29, 0.717) is 5.57 Å². The minimum Gasteiger partial charge on any atom is -0.497 e. The molecule has 1 aliphatic rings. The predicted molar refractivity (Wildman–Crippen MR) is 87.9 cm³/mol. The summed E-state index contributed by atoms with van der Waals surface area (Å²) in [6.45, 7) is 3.91. The summed E-state index contributed by atoms with van der Waals surface area (Å²) in [5.74, 6) is 0.259. The summed E-state index contributed by atoms with van der Waals surface area (Å²) in [6, 6.07) is 15.4. The van der Waals surface area contributed by atoms with Crippen LogP contribution >= 0.6 is 15.9 Å². The smallest absolute Gasteiger partial charge is 0.334 e. The molecule has 0 aliphatic carbocycles. The second-order valence-electron chi connectivity index (χ2n) is 5.15. The number of hydrogen-bond donors (Lipinski definition) is 0. The van der Waals surface area contributed by atoms with E-state index < -0.39 is 0 Å². The molecule has 3 rings (SSSR count). The molecule has 2 aromatic carbocycles. The topological polar surface area (TPSA) is 35.5 Å². The maximum atomic E-state index is 12.0. The average Bonchev–Trinajstić information content (AvgIpc) is 2.84. The number of hydrogen-bond acceptors (Lipinski definition) is 3. The molecule has 0 saturated carbocycles. The van der Waals surface area contributed by atoms with Crippen LogP contribution in [0, 0.1) is 0 Å². The van der Waals surface area contributed by atoms with Crippen LogP contribution in [0.3, 0.4) is 0 Å². The Hall–Kier alpha value is -2.07. The van der Waals surface area contributed by atoms with E-state index in [1.165, 1.54) is 0 Å². The molecule has 0 aromatic heterocycles. The van der Waals surface area contributed by atoms with Gasteiger partial charge in [-0.2, -0.15) is 0 Å². The Labute approximate surface area is 137 Å². The number of esters is 1. The van der Waals surface area contributed by atoms with Gasteiger partial charge in [0.2, 0.25) is 0 Å². The number of benzene rings is 2. The Bertz CT molecular complexity index is 704. The van der Waals surface area contributed by atoms with Crippen molar-refractivity contribution in [2.24, 2.45) is 0 Å². The largest absolute Gasteiger partial charge is 0.497 e. The molecule has 0 N–H and O–H groups in total. The number of methoxy groups -OCH3 is 1. The SMILES string of the molecule is C=C1C(=O)O[C@H](c2ccc(OC)cc2)[C@@H]1c1ccc(Br)cc1. The Balaban J connectivity index is 1.98. The second kappa shape index (κ2) is 5.97. The van der Waals surface area contributed by atoms with Crippen molar-refractivity contribution >= 4 is 21.9 Å². The van der Waals surface area contributed by atoms with Gasteiger partial charge < -0.3 is 9.47 Å². The highest BCUT2D eigenvalue weighted by atomic mass is 79.9. The van der Waals surface area contributed by atoms with Crippen LogP contribution in [-0.4, -0.2) is 13.1 Å². The minimum atomic E-state index is -0.355. The van der Waals surface area contributed by atoms with Crippen molar-refractivity contribution in [3.63, 3.8) is 0 Å². The van der Waals surface area contributed by atoms with Crippen molar-refractivity contribution < 1.29 is 14.3 Å². The molecule has 4 heteroatoms. The van der Waals surface area contributed by atoms with Gasteiger partial charge in [-0.3, -0.25) is 0 Å². The van der Waals surface area contributed by atoms with E-state index in [0.717, 1.165) is 21.3 Å². The molecule has 0 bridgehead atoms. The zero-order chi connectivity index (χ0) is 15.7. The quantitative estimate of drug-likeness (QED) is 0.602. The summed E-state index contributed by atoms with van der Waals surface area (Å²) >= 11 is 3.42. The molecule has 0 radical (unpaired) electrons. The molecule has 1 fully saturated rings. The third kappa shape index (κ3) is 2.66. The fourth-order valence-corrected chi connectivity index (χ4v) is 2.93. The highest BCUT2D eigenvalue weighted by molar-refractivity contribution is 9.10. The minimum absolute atomic E-state index is 0.172. The molecular weight excluding hydrogens is 344 g/mol. The van der Waals surface area contributed by atoms with Crippen LogP contribution in [0.15, 0.2) is 65.2 Å². The second-order valence-corrected chi connectivity index (χ2v) is 6.07. The highest BCUT2D eigenvalue weighted by Gasteiger charge is 2.40. The van der Waals surface area contributed by atoms with Gasteiger partial charge in [-0.1, -0.05) is 46.8 Å². The highest BCUT2D eigenvalue weighted by Crippen LogP contribution is 2.45. The van der Waals surface area contributed by atoms with E-state index in [1.807, 2.05) is 48.5 Å². The summed E-state index contributed by atoms with van der Waals surface area (Å²) in [5, 5.41) is 0. The number of cyclic esters (lactones) is 1. The zero-order valence-electron chi connectivity index (χ0n) is 12.1. The maximum Gasteiger partial charge on any atom is 0.334 e.